The average Bonchev–Trinajstić information content (AvgIpc) is 1.97. The molecule has 3 N–H and O–H groups in total. The molecule has 0 heterocycles. The van der Waals surface area contributed by atoms with Crippen LogP contribution in [0.3, 0.4) is 0 Å². The predicted octanol–water partition coefficient (Wildman–Crippen LogP) is -0.910. The molecule has 5 nitrogen and oxygen atoms in total. The van der Waals surface area contributed by atoms with E-state index >= 15 is 0 Å². The molecule has 0 amide bonds. The zero-order valence-electron chi connectivity index (χ0n) is 6.82. The van der Waals surface area contributed by atoms with Crippen molar-refractivity contribution < 1.29 is 19.7 Å². The molecular weight excluding hydrogens is 186 g/mol. The number of carboxylic acid groups (broad SMARTS) is 1. The lowest BCUT2D eigenvalue weighted by Crippen LogP contribution is -2.38. The molecule has 0 saturated carbocycles. The average molecular weight is 200 g/mol. The zero-order valence-corrected chi connectivity index (χ0v) is 7.63. The molecule has 12 heavy (non-hydrogen) atoms. The van der Waals surface area contributed by atoms with Crippen molar-refractivity contribution in [2.45, 2.75) is 6.04 Å². The number of rotatable bonds is 6. The van der Waals surface area contributed by atoms with Crippen LogP contribution in [0.1, 0.15) is 0 Å². The molecule has 0 saturated heterocycles. The number of carbonyl (C=O) groups is 1. The van der Waals surface area contributed by atoms with Gasteiger partial charge in [-0.25, -0.2) is 0 Å². The Morgan fingerprint density at radius 3 is 2.58 bits per heavy atom. The van der Waals surface area contributed by atoms with Crippen molar-refractivity contribution >= 4 is 18.4 Å². The van der Waals surface area contributed by atoms with Gasteiger partial charge in [0.15, 0.2) is 0 Å². The second-order valence-corrected chi connectivity index (χ2v) is 1.98. The summed E-state index contributed by atoms with van der Waals surface area (Å²) in [7, 11) is 1.54. The van der Waals surface area contributed by atoms with Crippen molar-refractivity contribution in [3.05, 3.63) is 0 Å². The standard InChI is InChI=1S/C6H13NO4.ClH/c1-7-5(6(9)10)4-11-3-2-8;/h5,7-8H,2-4H2,1H3,(H,9,10);1H/t5-;/m0./s1. The molecule has 0 radical (unpaired) electrons. The molecule has 0 unspecified atom stereocenters. The van der Waals surface area contributed by atoms with Gasteiger partial charge >= 0.3 is 5.97 Å². The Bertz CT molecular complexity index is 122. The maximum absolute atomic E-state index is 10.3. The van der Waals surface area contributed by atoms with Gasteiger partial charge in [-0.05, 0) is 7.05 Å². The molecule has 0 aromatic carbocycles. The van der Waals surface area contributed by atoms with Crippen LogP contribution in [0.2, 0.25) is 0 Å². The third-order valence-corrected chi connectivity index (χ3v) is 1.17. The Kier molecular flexibility index (Phi) is 10.3. The third kappa shape index (κ3) is 6.36. The normalized spacial score (nSPS) is 11.8. The molecule has 0 rings (SSSR count). The highest BCUT2D eigenvalue weighted by Gasteiger charge is 2.13. The molecule has 0 aliphatic rings. The van der Waals surface area contributed by atoms with Gasteiger partial charge in [-0.3, -0.25) is 4.79 Å². The first-order chi connectivity index (χ1) is 5.22. The second-order valence-electron chi connectivity index (χ2n) is 1.98. The lowest BCUT2D eigenvalue weighted by Gasteiger charge is -2.10. The van der Waals surface area contributed by atoms with Gasteiger partial charge in [0.1, 0.15) is 6.04 Å². The molecule has 0 bridgehead atoms. The van der Waals surface area contributed by atoms with Gasteiger partial charge in [-0.2, -0.15) is 0 Å². The summed E-state index contributed by atoms with van der Waals surface area (Å²) in [4.78, 5) is 10.3. The molecule has 0 aromatic heterocycles. The van der Waals surface area contributed by atoms with E-state index in [2.05, 4.69) is 5.32 Å². The number of hydrogen-bond donors (Lipinski definition) is 3. The Hall–Kier alpha value is -0.360. The Labute approximate surface area is 77.1 Å². The van der Waals surface area contributed by atoms with Gasteiger partial charge in [0, 0.05) is 0 Å². The molecule has 74 valence electrons. The van der Waals surface area contributed by atoms with E-state index in [1.807, 2.05) is 0 Å². The van der Waals surface area contributed by atoms with Crippen LogP contribution in [0.4, 0.5) is 0 Å². The largest absolute Gasteiger partial charge is 0.480 e. The van der Waals surface area contributed by atoms with Gasteiger partial charge in [0.25, 0.3) is 0 Å². The van der Waals surface area contributed by atoms with E-state index in [1.165, 1.54) is 0 Å². The number of nitrogens with one attached hydrogen (secondary N) is 1. The summed E-state index contributed by atoms with van der Waals surface area (Å²) < 4.78 is 4.80. The number of hydrogen-bond acceptors (Lipinski definition) is 4. The van der Waals surface area contributed by atoms with Crippen LogP contribution in [-0.4, -0.2) is 49.1 Å². The Morgan fingerprint density at radius 1 is 1.67 bits per heavy atom. The van der Waals surface area contributed by atoms with E-state index in [0.717, 1.165) is 0 Å². The molecule has 0 fully saturated rings. The summed E-state index contributed by atoms with van der Waals surface area (Å²) in [6.07, 6.45) is 0. The minimum absolute atomic E-state index is 0. The van der Waals surface area contributed by atoms with E-state index in [1.54, 1.807) is 7.05 Å². The summed E-state index contributed by atoms with van der Waals surface area (Å²) in [6.45, 7) is 0.161. The highest BCUT2D eigenvalue weighted by Crippen LogP contribution is 1.84. The molecule has 0 aliphatic heterocycles. The zero-order chi connectivity index (χ0) is 8.69. The van der Waals surface area contributed by atoms with Crippen molar-refractivity contribution in [2.75, 3.05) is 26.9 Å². The maximum Gasteiger partial charge on any atom is 0.323 e. The van der Waals surface area contributed by atoms with Crippen molar-refractivity contribution in [2.24, 2.45) is 0 Å². The van der Waals surface area contributed by atoms with E-state index in [9.17, 15) is 4.79 Å². The van der Waals surface area contributed by atoms with Crippen LogP contribution < -0.4 is 5.32 Å². The first kappa shape index (κ1) is 14.2. The summed E-state index contributed by atoms with van der Waals surface area (Å²) >= 11 is 0. The number of halogens is 1. The Morgan fingerprint density at radius 2 is 2.25 bits per heavy atom. The van der Waals surface area contributed by atoms with E-state index < -0.39 is 12.0 Å². The van der Waals surface area contributed by atoms with Crippen molar-refractivity contribution in [1.29, 1.82) is 0 Å². The molecule has 1 atom stereocenters. The molecular formula is C6H14ClNO4. The quantitative estimate of drug-likeness (QED) is 0.483. The number of aliphatic hydroxyl groups is 1. The minimum atomic E-state index is -0.953. The van der Waals surface area contributed by atoms with Crippen molar-refractivity contribution in [3.63, 3.8) is 0 Å². The fourth-order valence-electron chi connectivity index (χ4n) is 0.544. The van der Waals surface area contributed by atoms with Crippen molar-refractivity contribution in [1.82, 2.24) is 5.32 Å². The highest BCUT2D eigenvalue weighted by molar-refractivity contribution is 5.85. The minimum Gasteiger partial charge on any atom is -0.480 e. The van der Waals surface area contributed by atoms with Gasteiger partial charge in [-0.15, -0.1) is 12.4 Å². The fourth-order valence-corrected chi connectivity index (χ4v) is 0.544. The van der Waals surface area contributed by atoms with Crippen LogP contribution in [0.5, 0.6) is 0 Å². The van der Waals surface area contributed by atoms with Crippen LogP contribution in [-0.2, 0) is 9.53 Å². The monoisotopic (exact) mass is 199 g/mol. The van der Waals surface area contributed by atoms with Crippen molar-refractivity contribution in [3.8, 4) is 0 Å². The van der Waals surface area contributed by atoms with Gasteiger partial charge in [0.2, 0.25) is 0 Å². The lowest BCUT2D eigenvalue weighted by molar-refractivity contribution is -0.141. The first-order valence-corrected chi connectivity index (χ1v) is 3.31. The summed E-state index contributed by atoms with van der Waals surface area (Å²) in [5.74, 6) is -0.953. The summed E-state index contributed by atoms with van der Waals surface area (Å²) in [5, 5.41) is 19.3. The van der Waals surface area contributed by atoms with E-state index in [0.29, 0.717) is 0 Å². The van der Waals surface area contributed by atoms with Gasteiger partial charge in [0.05, 0.1) is 19.8 Å². The lowest BCUT2D eigenvalue weighted by atomic mass is 10.3. The maximum atomic E-state index is 10.3. The number of carboxylic acids is 1. The number of likely N-dealkylation sites (N-methyl/N-ethyl adjacent to an activating group) is 1. The first-order valence-electron chi connectivity index (χ1n) is 3.31. The smallest absolute Gasteiger partial charge is 0.323 e. The molecule has 0 aliphatic carbocycles. The van der Waals surface area contributed by atoms with Crippen LogP contribution in [0.25, 0.3) is 0 Å². The summed E-state index contributed by atoms with van der Waals surface area (Å²) in [5.41, 5.74) is 0. The van der Waals surface area contributed by atoms with Gasteiger partial charge in [-0.1, -0.05) is 0 Å². The molecule has 0 aromatic rings. The van der Waals surface area contributed by atoms with E-state index in [4.69, 9.17) is 14.9 Å². The second kappa shape index (κ2) is 8.73. The number of aliphatic carboxylic acids is 1. The number of ether oxygens (including phenoxy) is 1. The van der Waals surface area contributed by atoms with E-state index in [-0.39, 0.29) is 32.2 Å². The summed E-state index contributed by atoms with van der Waals surface area (Å²) in [6, 6.07) is -0.693. The molecule has 6 heteroatoms. The third-order valence-electron chi connectivity index (χ3n) is 1.17. The van der Waals surface area contributed by atoms with Crippen LogP contribution >= 0.6 is 12.4 Å². The topological polar surface area (TPSA) is 78.8 Å². The fraction of sp³-hybridized carbons (Fsp3) is 0.833. The number of aliphatic hydroxyl groups excluding tert-OH is 1. The SMILES string of the molecule is CN[C@@H](COCCO)C(=O)O.Cl. The predicted molar refractivity (Wildman–Crippen MR) is 45.6 cm³/mol. The highest BCUT2D eigenvalue weighted by atomic mass is 35.5. The molecule has 0 spiro atoms. The van der Waals surface area contributed by atoms with Crippen LogP contribution in [0, 0.1) is 0 Å². The Balaban J connectivity index is 0. The van der Waals surface area contributed by atoms with Crippen LogP contribution in [0.15, 0.2) is 0 Å². The van der Waals surface area contributed by atoms with Gasteiger partial charge < -0.3 is 20.3 Å².